The van der Waals surface area contributed by atoms with E-state index in [0.717, 1.165) is 12.1 Å². The summed E-state index contributed by atoms with van der Waals surface area (Å²) in [6, 6.07) is 3.52. The molecule has 0 bridgehead atoms. The van der Waals surface area contributed by atoms with Gasteiger partial charge >= 0.3 is 0 Å². The van der Waals surface area contributed by atoms with Gasteiger partial charge in [-0.15, -0.1) is 0 Å². The number of sulfonamides is 1. The fraction of sp³-hybridized carbons (Fsp3) is 0.455. The molecule has 1 aliphatic heterocycles. The van der Waals surface area contributed by atoms with Crippen LogP contribution in [0.5, 0.6) is 0 Å². The highest BCUT2D eigenvalue weighted by atomic mass is 35.5. The fourth-order valence-electron chi connectivity index (χ4n) is 2.19. The Bertz CT molecular complexity index is 635. The smallest absolute Gasteiger partial charge is 0.289 e. The number of halogens is 1. The van der Waals surface area contributed by atoms with E-state index in [9.17, 15) is 18.5 Å². The van der Waals surface area contributed by atoms with Crippen molar-refractivity contribution in [3.8, 4) is 0 Å². The lowest BCUT2D eigenvalue weighted by molar-refractivity contribution is -0.387. The van der Waals surface area contributed by atoms with E-state index in [1.165, 1.54) is 10.4 Å². The maximum Gasteiger partial charge on any atom is 0.289 e. The van der Waals surface area contributed by atoms with Crippen LogP contribution in [0.3, 0.4) is 0 Å². The number of hydrogen-bond donors (Lipinski definition) is 1. The molecule has 1 fully saturated rings. The second-order valence-corrected chi connectivity index (χ2v) is 6.97. The van der Waals surface area contributed by atoms with Crippen LogP contribution in [0.4, 0.5) is 5.69 Å². The van der Waals surface area contributed by atoms with Gasteiger partial charge in [-0.3, -0.25) is 10.1 Å². The van der Waals surface area contributed by atoms with Crippen molar-refractivity contribution in [2.24, 2.45) is 11.7 Å². The first-order chi connectivity index (χ1) is 9.36. The Morgan fingerprint density at radius 3 is 2.75 bits per heavy atom. The maximum atomic E-state index is 12.5. The first kappa shape index (κ1) is 15.2. The van der Waals surface area contributed by atoms with Crippen LogP contribution in [0, 0.1) is 16.0 Å². The molecule has 0 aromatic heterocycles. The molecular formula is C11H14ClN3O4S. The number of rotatable bonds is 4. The van der Waals surface area contributed by atoms with Gasteiger partial charge in [0.1, 0.15) is 0 Å². The molecule has 1 heterocycles. The number of nitrogens with two attached hydrogens (primary N) is 1. The van der Waals surface area contributed by atoms with Crippen molar-refractivity contribution in [1.82, 2.24) is 4.31 Å². The lowest BCUT2D eigenvalue weighted by Gasteiger charge is -2.16. The molecule has 0 aliphatic carbocycles. The van der Waals surface area contributed by atoms with E-state index in [2.05, 4.69) is 0 Å². The van der Waals surface area contributed by atoms with E-state index < -0.39 is 20.6 Å². The molecule has 7 nitrogen and oxygen atoms in total. The molecule has 0 radical (unpaired) electrons. The molecule has 1 atom stereocenters. The van der Waals surface area contributed by atoms with E-state index >= 15 is 0 Å². The third-order valence-corrected chi connectivity index (χ3v) is 5.45. The predicted molar refractivity (Wildman–Crippen MR) is 74.0 cm³/mol. The zero-order chi connectivity index (χ0) is 14.9. The Kier molecular flexibility index (Phi) is 4.28. The van der Waals surface area contributed by atoms with Crippen LogP contribution in [-0.4, -0.2) is 37.3 Å². The molecule has 1 unspecified atom stereocenters. The van der Waals surface area contributed by atoms with Gasteiger partial charge in [0.2, 0.25) is 10.0 Å². The fourth-order valence-corrected chi connectivity index (χ4v) is 4.14. The van der Waals surface area contributed by atoms with Crippen molar-refractivity contribution in [3.63, 3.8) is 0 Å². The minimum atomic E-state index is -3.93. The molecule has 2 N–H and O–H groups in total. The van der Waals surface area contributed by atoms with Gasteiger partial charge in [0.25, 0.3) is 5.69 Å². The maximum absolute atomic E-state index is 12.5. The van der Waals surface area contributed by atoms with Crippen molar-refractivity contribution < 1.29 is 13.3 Å². The number of nitro groups is 1. The van der Waals surface area contributed by atoms with Gasteiger partial charge in [-0.05, 0) is 31.0 Å². The summed E-state index contributed by atoms with van der Waals surface area (Å²) in [5.41, 5.74) is 5.06. The monoisotopic (exact) mass is 319 g/mol. The zero-order valence-corrected chi connectivity index (χ0v) is 12.1. The van der Waals surface area contributed by atoms with Crippen molar-refractivity contribution in [3.05, 3.63) is 33.3 Å². The highest BCUT2D eigenvalue weighted by Crippen LogP contribution is 2.31. The number of hydrogen-bond acceptors (Lipinski definition) is 5. The van der Waals surface area contributed by atoms with E-state index in [0.29, 0.717) is 19.5 Å². The summed E-state index contributed by atoms with van der Waals surface area (Å²) < 4.78 is 26.2. The highest BCUT2D eigenvalue weighted by Gasteiger charge is 2.36. The Hall–Kier alpha value is -1.22. The molecule has 0 spiro atoms. The minimum absolute atomic E-state index is 0.0861. The van der Waals surface area contributed by atoms with Gasteiger partial charge in [0.05, 0.1) is 4.92 Å². The molecule has 1 saturated heterocycles. The lowest BCUT2D eigenvalue weighted by Crippen LogP contribution is -2.30. The van der Waals surface area contributed by atoms with Crippen molar-refractivity contribution in [2.75, 3.05) is 19.6 Å². The van der Waals surface area contributed by atoms with E-state index in [-0.39, 0.29) is 22.4 Å². The zero-order valence-electron chi connectivity index (χ0n) is 10.5. The lowest BCUT2D eigenvalue weighted by atomic mass is 10.1. The second-order valence-electron chi connectivity index (χ2n) is 4.62. The third-order valence-electron chi connectivity index (χ3n) is 3.32. The largest absolute Gasteiger partial charge is 0.330 e. The van der Waals surface area contributed by atoms with E-state index in [1.807, 2.05) is 0 Å². The van der Waals surface area contributed by atoms with Crippen LogP contribution in [0.15, 0.2) is 23.1 Å². The average Bonchev–Trinajstić information content (AvgIpc) is 2.87. The molecule has 110 valence electrons. The summed E-state index contributed by atoms with van der Waals surface area (Å²) in [6.45, 7) is 0.986. The van der Waals surface area contributed by atoms with Crippen LogP contribution in [0.2, 0.25) is 5.02 Å². The molecule has 1 aromatic rings. The topological polar surface area (TPSA) is 107 Å². The molecule has 1 aromatic carbocycles. The van der Waals surface area contributed by atoms with E-state index in [1.54, 1.807) is 0 Å². The van der Waals surface area contributed by atoms with Gasteiger partial charge in [-0.2, -0.15) is 4.31 Å². The molecular weight excluding hydrogens is 306 g/mol. The summed E-state index contributed by atoms with van der Waals surface area (Å²) in [6.07, 6.45) is 0.657. The highest BCUT2D eigenvalue weighted by molar-refractivity contribution is 7.89. The number of nitrogens with zero attached hydrogens (tertiary/aromatic N) is 2. The molecule has 9 heteroatoms. The molecule has 0 saturated carbocycles. The quantitative estimate of drug-likeness (QED) is 0.663. The van der Waals surface area contributed by atoms with Crippen LogP contribution in [0.25, 0.3) is 0 Å². The SMILES string of the molecule is NCC1CCN(S(=O)(=O)c2cc(Cl)ccc2[N+](=O)[O-])C1. The summed E-state index contributed by atoms with van der Waals surface area (Å²) >= 11 is 5.76. The van der Waals surface area contributed by atoms with Gasteiger partial charge in [0, 0.05) is 24.2 Å². The van der Waals surface area contributed by atoms with E-state index in [4.69, 9.17) is 17.3 Å². The molecule has 1 aliphatic rings. The average molecular weight is 320 g/mol. The van der Waals surface area contributed by atoms with Gasteiger partial charge in [-0.25, -0.2) is 8.42 Å². The van der Waals surface area contributed by atoms with Crippen molar-refractivity contribution >= 4 is 27.3 Å². The Labute approximate surface area is 121 Å². The number of nitro benzene ring substituents is 1. The molecule has 0 amide bonds. The van der Waals surface area contributed by atoms with Gasteiger partial charge in [-0.1, -0.05) is 11.6 Å². The van der Waals surface area contributed by atoms with Crippen LogP contribution < -0.4 is 5.73 Å². The first-order valence-electron chi connectivity index (χ1n) is 6.00. The van der Waals surface area contributed by atoms with Crippen LogP contribution >= 0.6 is 11.6 Å². The summed E-state index contributed by atoms with van der Waals surface area (Å²) in [5.74, 6) is 0.0861. The third kappa shape index (κ3) is 2.78. The standard InChI is InChI=1S/C11H14ClN3O4S/c12-9-1-2-10(15(16)17)11(5-9)20(18,19)14-4-3-8(6-13)7-14/h1-2,5,8H,3-4,6-7,13H2. The molecule has 2 rings (SSSR count). The number of benzene rings is 1. The molecule has 20 heavy (non-hydrogen) atoms. The van der Waals surface area contributed by atoms with Crippen molar-refractivity contribution in [1.29, 1.82) is 0 Å². The summed E-state index contributed by atoms with van der Waals surface area (Å²) in [7, 11) is -3.93. The van der Waals surface area contributed by atoms with Crippen LogP contribution in [-0.2, 0) is 10.0 Å². The second kappa shape index (κ2) is 5.65. The predicted octanol–water partition coefficient (Wildman–Crippen LogP) is 1.22. The summed E-state index contributed by atoms with van der Waals surface area (Å²) in [4.78, 5) is 9.88. The Balaban J connectivity index is 2.44. The minimum Gasteiger partial charge on any atom is -0.330 e. The normalized spacial score (nSPS) is 20.2. The Morgan fingerprint density at radius 1 is 1.50 bits per heavy atom. The summed E-state index contributed by atoms with van der Waals surface area (Å²) in [5, 5.41) is 11.1. The van der Waals surface area contributed by atoms with Gasteiger partial charge in [0.15, 0.2) is 4.90 Å². The van der Waals surface area contributed by atoms with Gasteiger partial charge < -0.3 is 5.73 Å². The first-order valence-corrected chi connectivity index (χ1v) is 7.82. The Morgan fingerprint density at radius 2 is 2.20 bits per heavy atom. The van der Waals surface area contributed by atoms with Crippen LogP contribution in [0.1, 0.15) is 6.42 Å². The van der Waals surface area contributed by atoms with Crippen molar-refractivity contribution in [2.45, 2.75) is 11.3 Å².